The average molecular weight is 532 g/mol. The third kappa shape index (κ3) is 5.79. The molecule has 4 aromatic rings. The zero-order valence-corrected chi connectivity index (χ0v) is 22.7. The van der Waals surface area contributed by atoms with Gasteiger partial charge in [-0.25, -0.2) is 4.21 Å². The van der Waals surface area contributed by atoms with Crippen LogP contribution in [0.15, 0.2) is 90.0 Å². The summed E-state index contributed by atoms with van der Waals surface area (Å²) in [6.45, 7) is 4.14. The zero-order valence-electron chi connectivity index (χ0n) is 21.8. The van der Waals surface area contributed by atoms with Crippen molar-refractivity contribution >= 4 is 39.2 Å². The molecule has 2 atom stereocenters. The smallest absolute Gasteiger partial charge is 0.254 e. The van der Waals surface area contributed by atoms with Crippen molar-refractivity contribution in [3.63, 3.8) is 0 Å². The Hall–Kier alpha value is -3.95. The van der Waals surface area contributed by atoms with Gasteiger partial charge in [-0.1, -0.05) is 30.3 Å². The van der Waals surface area contributed by atoms with Crippen LogP contribution in [0.2, 0.25) is 0 Å². The van der Waals surface area contributed by atoms with Gasteiger partial charge in [0.1, 0.15) is 5.75 Å². The Bertz CT molecular complexity index is 1410. The summed E-state index contributed by atoms with van der Waals surface area (Å²) in [5.74, 6) is 0.831. The van der Waals surface area contributed by atoms with E-state index in [0.717, 1.165) is 29.9 Å². The maximum atomic E-state index is 13.3. The molecular weight excluding hydrogens is 498 g/mol. The number of piperazine rings is 1. The summed E-state index contributed by atoms with van der Waals surface area (Å²) in [6.07, 6.45) is 1.70. The first-order chi connectivity index (χ1) is 18.5. The molecule has 3 aromatic carbocycles. The van der Waals surface area contributed by atoms with Gasteiger partial charge in [0.25, 0.3) is 5.91 Å². The molecule has 1 aliphatic heterocycles. The fraction of sp³-hybridized carbons (Fsp3) is 0.241. The van der Waals surface area contributed by atoms with Crippen LogP contribution in [-0.2, 0) is 11.0 Å². The number of hydrogen-bond donors (Lipinski definition) is 2. The van der Waals surface area contributed by atoms with E-state index in [4.69, 9.17) is 4.74 Å². The van der Waals surface area contributed by atoms with Gasteiger partial charge in [-0.2, -0.15) is 0 Å². The van der Waals surface area contributed by atoms with Gasteiger partial charge in [0, 0.05) is 48.5 Å². The highest BCUT2D eigenvalue weighted by Crippen LogP contribution is 2.30. The lowest BCUT2D eigenvalue weighted by Gasteiger charge is -2.41. The van der Waals surface area contributed by atoms with Crippen LogP contribution in [0.5, 0.6) is 5.75 Å². The Kier molecular flexibility index (Phi) is 8.93. The molecule has 3 N–H and O–H groups in total. The van der Waals surface area contributed by atoms with E-state index in [1.807, 2.05) is 59.5 Å². The van der Waals surface area contributed by atoms with E-state index in [1.54, 1.807) is 37.6 Å². The molecule has 9 heteroatoms. The summed E-state index contributed by atoms with van der Waals surface area (Å²) in [4.78, 5) is 22.4. The van der Waals surface area contributed by atoms with Crippen molar-refractivity contribution in [2.24, 2.45) is 5.73 Å². The second-order valence-electron chi connectivity index (χ2n) is 8.74. The molecule has 0 bridgehead atoms. The summed E-state index contributed by atoms with van der Waals surface area (Å²) >= 11 is 0. The molecule has 0 radical (unpaired) electrons. The molecule has 38 heavy (non-hydrogen) atoms. The van der Waals surface area contributed by atoms with Crippen molar-refractivity contribution in [3.05, 3.63) is 90.6 Å². The van der Waals surface area contributed by atoms with Crippen LogP contribution in [0.3, 0.4) is 0 Å². The van der Waals surface area contributed by atoms with Crippen molar-refractivity contribution in [1.82, 2.24) is 9.88 Å². The number of anilines is 2. The summed E-state index contributed by atoms with van der Waals surface area (Å²) < 4.78 is 21.5. The first kappa shape index (κ1) is 27.1. The summed E-state index contributed by atoms with van der Waals surface area (Å²) in [5, 5.41) is 0.936. The quantitative estimate of drug-likeness (QED) is 0.385. The lowest BCUT2D eigenvalue weighted by atomic mass is 10.1. The third-order valence-electron chi connectivity index (χ3n) is 6.45. The number of nitrogens with zero attached hydrogens (tertiary/aromatic N) is 3. The number of nitrogens with two attached hydrogens (primary N) is 1. The lowest BCUT2D eigenvalue weighted by Crippen LogP contribution is -2.54. The van der Waals surface area contributed by atoms with Gasteiger partial charge in [0.2, 0.25) is 0 Å². The molecule has 1 amide bonds. The van der Waals surface area contributed by atoms with E-state index >= 15 is 0 Å². The second-order valence-corrected chi connectivity index (χ2v) is 9.93. The molecule has 0 aliphatic carbocycles. The molecule has 5 rings (SSSR count). The van der Waals surface area contributed by atoms with Gasteiger partial charge in [-0.3, -0.25) is 9.78 Å². The SMILES string of the molecule is CN.COc1ccccc1N1CCN(C(=O)c2ccc(NS(=O)c3cccc4cccnc34)cc2)C(C)C1. The number of para-hydroxylation sites is 3. The highest BCUT2D eigenvalue weighted by Gasteiger charge is 2.29. The minimum atomic E-state index is -1.49. The predicted molar refractivity (Wildman–Crippen MR) is 154 cm³/mol. The van der Waals surface area contributed by atoms with Crippen LogP contribution >= 0.6 is 0 Å². The number of fused-ring (bicyclic) bond motifs is 1. The minimum absolute atomic E-state index is 0.00639. The van der Waals surface area contributed by atoms with E-state index in [9.17, 15) is 9.00 Å². The number of hydrogen-bond acceptors (Lipinski definition) is 6. The number of aromatic nitrogens is 1. The minimum Gasteiger partial charge on any atom is -0.495 e. The fourth-order valence-corrected chi connectivity index (χ4v) is 5.61. The summed E-state index contributed by atoms with van der Waals surface area (Å²) in [5.41, 5.74) is 7.53. The first-order valence-corrected chi connectivity index (χ1v) is 13.6. The Morgan fingerprint density at radius 3 is 2.47 bits per heavy atom. The van der Waals surface area contributed by atoms with Crippen molar-refractivity contribution < 1.29 is 13.7 Å². The summed E-state index contributed by atoms with van der Waals surface area (Å²) in [6, 6.07) is 24.6. The standard InChI is InChI=1S/C28H28N4O3S.CH5N/c1-20-19-31(24-9-3-4-10-25(24)35-2)17-18-32(20)28(33)22-12-14-23(15-13-22)30-36(34)26-11-5-7-21-8-6-16-29-27(21)26;1-2/h3-16,20,30H,17-19H2,1-2H3;2H2,1H3. The molecule has 198 valence electrons. The van der Waals surface area contributed by atoms with Gasteiger partial charge in [0.15, 0.2) is 11.0 Å². The van der Waals surface area contributed by atoms with Crippen LogP contribution < -0.4 is 20.1 Å². The molecule has 1 aliphatic rings. The molecule has 1 aromatic heterocycles. The Balaban J connectivity index is 0.00000164. The van der Waals surface area contributed by atoms with Gasteiger partial charge in [0.05, 0.1) is 23.2 Å². The topological polar surface area (TPSA) is 101 Å². The van der Waals surface area contributed by atoms with E-state index in [2.05, 4.69) is 27.3 Å². The molecule has 1 fully saturated rings. The average Bonchev–Trinajstić information content (AvgIpc) is 2.98. The normalized spacial score (nSPS) is 15.8. The maximum Gasteiger partial charge on any atom is 0.254 e. The number of methoxy groups -OCH3 is 1. The Morgan fingerprint density at radius 2 is 1.74 bits per heavy atom. The van der Waals surface area contributed by atoms with E-state index in [-0.39, 0.29) is 11.9 Å². The third-order valence-corrected chi connectivity index (χ3v) is 7.60. The molecule has 8 nitrogen and oxygen atoms in total. The van der Waals surface area contributed by atoms with Crippen molar-refractivity contribution in [1.29, 1.82) is 0 Å². The molecule has 0 saturated carbocycles. The fourth-order valence-electron chi connectivity index (χ4n) is 4.60. The van der Waals surface area contributed by atoms with Crippen molar-refractivity contribution in [2.75, 3.05) is 43.4 Å². The second kappa shape index (κ2) is 12.5. The number of benzene rings is 3. The van der Waals surface area contributed by atoms with Gasteiger partial charge in [-0.15, -0.1) is 0 Å². The molecule has 0 spiro atoms. The lowest BCUT2D eigenvalue weighted by molar-refractivity contribution is 0.0674. The van der Waals surface area contributed by atoms with E-state index in [1.165, 1.54) is 7.05 Å². The van der Waals surface area contributed by atoms with Crippen LogP contribution in [-0.4, -0.2) is 59.8 Å². The number of carbonyl (C=O) groups excluding carboxylic acids is 1. The summed E-state index contributed by atoms with van der Waals surface area (Å²) in [7, 11) is 1.69. The van der Waals surface area contributed by atoms with Crippen LogP contribution in [0.25, 0.3) is 10.9 Å². The monoisotopic (exact) mass is 531 g/mol. The number of carbonyl (C=O) groups is 1. The van der Waals surface area contributed by atoms with E-state index < -0.39 is 11.0 Å². The highest BCUT2D eigenvalue weighted by atomic mass is 32.2. The molecule has 1 saturated heterocycles. The predicted octanol–water partition coefficient (Wildman–Crippen LogP) is 4.30. The largest absolute Gasteiger partial charge is 0.495 e. The van der Waals surface area contributed by atoms with Gasteiger partial charge >= 0.3 is 0 Å². The Labute approximate surface area is 226 Å². The van der Waals surface area contributed by atoms with Gasteiger partial charge in [-0.05, 0) is 62.5 Å². The number of nitrogens with one attached hydrogen (secondary N) is 1. The van der Waals surface area contributed by atoms with Crippen molar-refractivity contribution in [3.8, 4) is 5.75 Å². The number of ether oxygens (including phenoxy) is 1. The zero-order chi connectivity index (χ0) is 27.1. The van der Waals surface area contributed by atoms with Crippen LogP contribution in [0, 0.1) is 0 Å². The number of pyridine rings is 1. The highest BCUT2D eigenvalue weighted by molar-refractivity contribution is 7.86. The Morgan fingerprint density at radius 1 is 1.00 bits per heavy atom. The molecule has 2 unspecified atom stereocenters. The van der Waals surface area contributed by atoms with Gasteiger partial charge < -0.3 is 25.0 Å². The molecule has 2 heterocycles. The molecular formula is C29H33N5O3S. The van der Waals surface area contributed by atoms with Crippen molar-refractivity contribution in [2.45, 2.75) is 17.9 Å². The van der Waals surface area contributed by atoms with E-state index in [0.29, 0.717) is 28.2 Å². The first-order valence-electron chi connectivity index (χ1n) is 12.4. The van der Waals surface area contributed by atoms with Crippen LogP contribution in [0.4, 0.5) is 11.4 Å². The number of rotatable bonds is 6. The maximum absolute atomic E-state index is 13.3. The van der Waals surface area contributed by atoms with Crippen LogP contribution in [0.1, 0.15) is 17.3 Å². The number of amides is 1.